The van der Waals surface area contributed by atoms with Gasteiger partial charge in [0.1, 0.15) is 0 Å². The molecular formula is C23H21ClN2O5S. The lowest BCUT2D eigenvalue weighted by molar-refractivity contribution is 0.0526. The van der Waals surface area contributed by atoms with Gasteiger partial charge in [0.05, 0.1) is 17.1 Å². The third kappa shape index (κ3) is 5.66. The number of sulfonamides is 1. The van der Waals surface area contributed by atoms with E-state index in [9.17, 15) is 18.0 Å². The van der Waals surface area contributed by atoms with Crippen molar-refractivity contribution >= 4 is 44.9 Å². The first-order valence-electron chi connectivity index (χ1n) is 9.67. The van der Waals surface area contributed by atoms with Gasteiger partial charge in [0.25, 0.3) is 15.9 Å². The smallest absolute Gasteiger partial charge is 0.338 e. The van der Waals surface area contributed by atoms with Gasteiger partial charge in [0, 0.05) is 22.0 Å². The summed E-state index contributed by atoms with van der Waals surface area (Å²) in [6.07, 6.45) is 0. The van der Waals surface area contributed by atoms with Crippen LogP contribution in [0.1, 0.15) is 33.2 Å². The highest BCUT2D eigenvalue weighted by Crippen LogP contribution is 2.23. The molecule has 3 aromatic rings. The number of hydrogen-bond acceptors (Lipinski definition) is 5. The van der Waals surface area contributed by atoms with Crippen LogP contribution in [0.15, 0.2) is 71.6 Å². The van der Waals surface area contributed by atoms with E-state index in [-0.39, 0.29) is 17.4 Å². The number of anilines is 2. The monoisotopic (exact) mass is 472 g/mol. The maximum atomic E-state index is 12.8. The standard InChI is InChI=1S/C23H21ClN2O5S/c1-3-31-23(28)17-6-10-19(11-7-17)26-32(29,30)20-12-13-21(15(2)14-20)25-22(27)16-4-8-18(24)9-5-16/h4-14,26H,3H2,1-2H3,(H,25,27). The quantitative estimate of drug-likeness (QED) is 0.477. The van der Waals surface area contributed by atoms with Gasteiger partial charge in [-0.25, -0.2) is 13.2 Å². The molecule has 0 radical (unpaired) electrons. The van der Waals surface area contributed by atoms with Crippen molar-refractivity contribution in [2.75, 3.05) is 16.6 Å². The maximum absolute atomic E-state index is 12.8. The van der Waals surface area contributed by atoms with Crippen molar-refractivity contribution in [3.63, 3.8) is 0 Å². The third-order valence-corrected chi connectivity index (χ3v) is 6.14. The molecule has 166 valence electrons. The molecule has 32 heavy (non-hydrogen) atoms. The highest BCUT2D eigenvalue weighted by Gasteiger charge is 2.17. The van der Waals surface area contributed by atoms with E-state index in [0.29, 0.717) is 33.1 Å². The highest BCUT2D eigenvalue weighted by atomic mass is 35.5. The predicted octanol–water partition coefficient (Wildman–Crippen LogP) is 4.88. The van der Waals surface area contributed by atoms with Crippen molar-refractivity contribution in [1.29, 1.82) is 0 Å². The molecule has 0 spiro atoms. The fraction of sp³-hybridized carbons (Fsp3) is 0.130. The van der Waals surface area contributed by atoms with Gasteiger partial charge in [-0.3, -0.25) is 9.52 Å². The minimum Gasteiger partial charge on any atom is -0.462 e. The summed E-state index contributed by atoms with van der Waals surface area (Å²) >= 11 is 5.84. The minimum atomic E-state index is -3.87. The van der Waals surface area contributed by atoms with E-state index in [1.54, 1.807) is 38.1 Å². The average Bonchev–Trinajstić information content (AvgIpc) is 2.76. The summed E-state index contributed by atoms with van der Waals surface area (Å²) in [5.74, 6) is -0.811. The number of esters is 1. The SMILES string of the molecule is CCOC(=O)c1ccc(NS(=O)(=O)c2ccc(NC(=O)c3ccc(Cl)cc3)c(C)c2)cc1. The summed E-state index contributed by atoms with van der Waals surface area (Å²) in [6.45, 7) is 3.66. The van der Waals surface area contributed by atoms with Gasteiger partial charge in [-0.2, -0.15) is 0 Å². The van der Waals surface area contributed by atoms with Crippen LogP contribution in [0.2, 0.25) is 5.02 Å². The molecule has 0 heterocycles. The summed E-state index contributed by atoms with van der Waals surface area (Å²) < 4.78 is 32.9. The van der Waals surface area contributed by atoms with Crippen LogP contribution in [0.4, 0.5) is 11.4 Å². The first kappa shape index (κ1) is 23.3. The number of rotatable bonds is 7. The number of hydrogen-bond donors (Lipinski definition) is 2. The lowest BCUT2D eigenvalue weighted by Gasteiger charge is -2.12. The van der Waals surface area contributed by atoms with Crippen molar-refractivity contribution in [3.05, 3.63) is 88.4 Å². The molecule has 0 atom stereocenters. The van der Waals surface area contributed by atoms with Crippen LogP contribution in [0.5, 0.6) is 0 Å². The van der Waals surface area contributed by atoms with E-state index in [1.807, 2.05) is 0 Å². The van der Waals surface area contributed by atoms with Gasteiger partial charge in [0.15, 0.2) is 0 Å². The van der Waals surface area contributed by atoms with Gasteiger partial charge in [-0.1, -0.05) is 11.6 Å². The van der Waals surface area contributed by atoms with Crippen molar-refractivity contribution in [2.45, 2.75) is 18.7 Å². The van der Waals surface area contributed by atoms with Gasteiger partial charge < -0.3 is 10.1 Å². The van der Waals surface area contributed by atoms with E-state index in [1.165, 1.54) is 42.5 Å². The number of carbonyl (C=O) groups is 2. The summed E-state index contributed by atoms with van der Waals surface area (Å²) in [5, 5.41) is 3.28. The Kier molecular flexibility index (Phi) is 7.17. The van der Waals surface area contributed by atoms with Crippen LogP contribution >= 0.6 is 11.6 Å². The van der Waals surface area contributed by atoms with Crippen LogP contribution in [0.3, 0.4) is 0 Å². The van der Waals surface area contributed by atoms with Crippen LogP contribution in [-0.4, -0.2) is 26.9 Å². The molecule has 3 rings (SSSR count). The zero-order chi connectivity index (χ0) is 23.3. The number of benzene rings is 3. The Bertz CT molecular complexity index is 1240. The second-order valence-electron chi connectivity index (χ2n) is 6.84. The Morgan fingerprint density at radius 3 is 2.16 bits per heavy atom. The van der Waals surface area contributed by atoms with Crippen LogP contribution in [0, 0.1) is 6.92 Å². The summed E-state index contributed by atoms with van der Waals surface area (Å²) in [4.78, 5) is 24.2. The molecule has 0 aliphatic rings. The van der Waals surface area contributed by atoms with Gasteiger partial charge >= 0.3 is 5.97 Å². The van der Waals surface area contributed by atoms with E-state index < -0.39 is 16.0 Å². The third-order valence-electron chi connectivity index (χ3n) is 4.51. The number of carbonyl (C=O) groups excluding carboxylic acids is 2. The molecule has 2 N–H and O–H groups in total. The summed E-state index contributed by atoms with van der Waals surface area (Å²) in [7, 11) is -3.87. The van der Waals surface area contributed by atoms with Gasteiger partial charge in [0.2, 0.25) is 0 Å². The topological polar surface area (TPSA) is 102 Å². The molecule has 7 nitrogen and oxygen atoms in total. The van der Waals surface area contributed by atoms with Gasteiger partial charge in [-0.15, -0.1) is 0 Å². The Hall–Kier alpha value is -3.36. The van der Waals surface area contributed by atoms with E-state index >= 15 is 0 Å². The number of nitrogens with one attached hydrogen (secondary N) is 2. The average molecular weight is 473 g/mol. The van der Waals surface area contributed by atoms with E-state index in [2.05, 4.69) is 10.0 Å². The molecule has 0 bridgehead atoms. The molecule has 0 aromatic heterocycles. The first-order chi connectivity index (χ1) is 15.2. The second-order valence-corrected chi connectivity index (χ2v) is 8.96. The normalized spacial score (nSPS) is 11.0. The predicted molar refractivity (Wildman–Crippen MR) is 124 cm³/mol. The van der Waals surface area contributed by atoms with Crippen LogP contribution < -0.4 is 10.0 Å². The summed E-state index contributed by atoms with van der Waals surface area (Å²) in [6, 6.07) is 16.8. The Labute approximate surface area is 191 Å². The van der Waals surface area contributed by atoms with Gasteiger partial charge in [-0.05, 0) is 86.1 Å². The number of halogens is 1. The Morgan fingerprint density at radius 1 is 0.938 bits per heavy atom. The molecule has 1 amide bonds. The molecule has 3 aromatic carbocycles. The zero-order valence-electron chi connectivity index (χ0n) is 17.4. The molecule has 0 aliphatic heterocycles. The van der Waals surface area contributed by atoms with Crippen molar-refractivity contribution in [1.82, 2.24) is 0 Å². The first-order valence-corrected chi connectivity index (χ1v) is 11.5. The molecule has 0 unspecified atom stereocenters. The van der Waals surface area contributed by atoms with Crippen molar-refractivity contribution in [2.24, 2.45) is 0 Å². The van der Waals surface area contributed by atoms with Crippen molar-refractivity contribution in [3.8, 4) is 0 Å². The second kappa shape index (κ2) is 9.84. The summed E-state index contributed by atoms with van der Waals surface area (Å²) in [5.41, 5.74) is 2.12. The number of ether oxygens (including phenoxy) is 1. The highest BCUT2D eigenvalue weighted by molar-refractivity contribution is 7.92. The Balaban J connectivity index is 1.73. The molecule has 0 aliphatic carbocycles. The molecule has 0 fully saturated rings. The number of amides is 1. The Morgan fingerprint density at radius 2 is 1.56 bits per heavy atom. The van der Waals surface area contributed by atoms with Crippen molar-refractivity contribution < 1.29 is 22.7 Å². The van der Waals surface area contributed by atoms with E-state index in [0.717, 1.165) is 0 Å². The lowest BCUT2D eigenvalue weighted by atomic mass is 10.1. The lowest BCUT2D eigenvalue weighted by Crippen LogP contribution is -2.15. The minimum absolute atomic E-state index is 0.0361. The fourth-order valence-corrected chi connectivity index (χ4v) is 4.11. The largest absolute Gasteiger partial charge is 0.462 e. The molecular weight excluding hydrogens is 452 g/mol. The van der Waals surface area contributed by atoms with Crippen LogP contribution in [0.25, 0.3) is 0 Å². The maximum Gasteiger partial charge on any atom is 0.338 e. The van der Waals surface area contributed by atoms with Crippen LogP contribution in [-0.2, 0) is 14.8 Å². The molecule has 0 saturated carbocycles. The fourth-order valence-electron chi connectivity index (χ4n) is 2.84. The molecule has 9 heteroatoms. The number of aryl methyl sites for hydroxylation is 1. The van der Waals surface area contributed by atoms with E-state index in [4.69, 9.17) is 16.3 Å². The zero-order valence-corrected chi connectivity index (χ0v) is 19.0. The molecule has 0 saturated heterocycles.